The molecule has 4 aromatic heterocycles. The molecule has 0 radical (unpaired) electrons. The highest BCUT2D eigenvalue weighted by Gasteiger charge is 2.46. The number of hydrogen-bond donors (Lipinski definition) is 14. The van der Waals surface area contributed by atoms with Crippen molar-refractivity contribution in [2.75, 3.05) is 30.4 Å². The third-order valence-electron chi connectivity index (χ3n) is 16.9. The average Bonchev–Trinajstić information content (AvgIpc) is 1.57. The number of benzene rings is 5. The molecular formula is C64H63N13O34P6. The predicted octanol–water partition coefficient (Wildman–Crippen LogP) is 7.24. The van der Waals surface area contributed by atoms with Crippen molar-refractivity contribution >= 4 is 115 Å². The van der Waals surface area contributed by atoms with Crippen LogP contribution < -0.4 is 26.5 Å². The number of imidazole rings is 2. The minimum Gasteiger partial charge on any atom is -0.508 e. The van der Waals surface area contributed by atoms with Gasteiger partial charge in [-0.15, -0.1) is 0 Å². The number of Topliss-reactive ketones (excluding diaryl/α,β-unsaturated/α-hetero) is 1. The van der Waals surface area contributed by atoms with Crippen molar-refractivity contribution in [2.45, 2.75) is 88.5 Å². The van der Waals surface area contributed by atoms with Crippen molar-refractivity contribution in [1.82, 2.24) is 39.0 Å². The van der Waals surface area contributed by atoms with E-state index >= 15 is 0 Å². The number of hydrogen-bond acceptors (Lipinski definition) is 35. The van der Waals surface area contributed by atoms with Crippen LogP contribution in [0.25, 0.3) is 55.7 Å². The molecule has 7 heterocycles. The van der Waals surface area contributed by atoms with Gasteiger partial charge in [-0.3, -0.25) is 52.8 Å². The first kappa shape index (κ1) is 87.6. The molecule has 618 valence electrons. The number of aliphatic hydroxyl groups is 2. The summed E-state index contributed by atoms with van der Waals surface area (Å²) >= 11 is 0. The maximum absolute atomic E-state index is 13.6. The second-order valence-corrected chi connectivity index (χ2v) is 33.8. The maximum Gasteiger partial charge on any atom is 0.490 e. The third kappa shape index (κ3) is 22.1. The Labute approximate surface area is 654 Å². The molecule has 0 bridgehead atoms. The van der Waals surface area contributed by atoms with Crippen molar-refractivity contribution in [3.05, 3.63) is 175 Å². The van der Waals surface area contributed by atoms with Crippen LogP contribution in [0.5, 0.6) is 11.5 Å². The lowest BCUT2D eigenvalue weighted by Gasteiger charge is -2.19. The van der Waals surface area contributed by atoms with Crippen LogP contribution in [0.2, 0.25) is 0 Å². The summed E-state index contributed by atoms with van der Waals surface area (Å²) in [6.45, 7) is 1.89. The Morgan fingerprint density at radius 3 is 1.62 bits per heavy atom. The van der Waals surface area contributed by atoms with E-state index in [0.717, 1.165) is 0 Å². The lowest BCUT2D eigenvalue weighted by molar-refractivity contribution is -0.385. The van der Waals surface area contributed by atoms with Crippen molar-refractivity contribution in [2.24, 2.45) is 5.73 Å². The number of rotatable bonds is 30. The van der Waals surface area contributed by atoms with Gasteiger partial charge in [0.2, 0.25) is 0 Å². The van der Waals surface area contributed by atoms with E-state index in [1.165, 1.54) is 89.0 Å². The van der Waals surface area contributed by atoms with E-state index < -0.39 is 119 Å². The molecule has 2 saturated heterocycles. The number of fused-ring (bicyclic) bond motifs is 4. The second-order valence-electron chi connectivity index (χ2n) is 25.0. The molecule has 4 unspecified atom stereocenters. The fourth-order valence-corrected chi connectivity index (χ4v) is 18.1. The lowest BCUT2D eigenvalue weighted by Crippen LogP contribution is -2.26. The van der Waals surface area contributed by atoms with Gasteiger partial charge in [-0.05, 0) is 80.6 Å². The summed E-state index contributed by atoms with van der Waals surface area (Å²) in [7, 11) is -33.6. The highest BCUT2D eigenvalue weighted by Crippen LogP contribution is 2.68. The number of anilines is 2. The van der Waals surface area contributed by atoms with Crippen LogP contribution in [-0.4, -0.2) is 160 Å². The maximum atomic E-state index is 13.6. The average molecular weight is 1740 g/mol. The smallest absolute Gasteiger partial charge is 0.490 e. The quantitative estimate of drug-likeness (QED) is 0.00401. The van der Waals surface area contributed by atoms with Crippen LogP contribution in [0.3, 0.4) is 0 Å². The number of nitrogens with two attached hydrogens (primary N) is 1. The number of aliphatic hydroxyl groups excluding tert-OH is 2. The van der Waals surface area contributed by atoms with Gasteiger partial charge in [-0.1, -0.05) is 23.7 Å². The zero-order valence-corrected chi connectivity index (χ0v) is 65.0. The molecule has 12 atom stereocenters. The number of phenols is 1. The van der Waals surface area contributed by atoms with Crippen LogP contribution in [0.1, 0.15) is 96.7 Å². The van der Waals surface area contributed by atoms with Gasteiger partial charge in [0.05, 0.1) is 77.7 Å². The van der Waals surface area contributed by atoms with Gasteiger partial charge in [-0.2, -0.15) is 17.2 Å². The van der Waals surface area contributed by atoms with Crippen LogP contribution in [0, 0.1) is 43.9 Å². The highest BCUT2D eigenvalue weighted by atomic mass is 31.3. The number of phosphoric ester groups is 2. The Bertz CT molecular complexity index is 6000. The molecule has 8 aromatic rings. The second kappa shape index (κ2) is 35.9. The van der Waals surface area contributed by atoms with Gasteiger partial charge in [0.1, 0.15) is 60.2 Å². The Hall–Kier alpha value is -10.2. The minimum absolute atomic E-state index is 0.0553. The zero-order chi connectivity index (χ0) is 84.9. The molecule has 0 spiro atoms. The molecule has 4 aromatic carbocycles. The Kier molecular flexibility index (Phi) is 26.9. The van der Waals surface area contributed by atoms with Crippen molar-refractivity contribution in [3.63, 3.8) is 0 Å². The standard InChI is InChI=1S/C43H37N6O20P3.C21H26N7O14P3/c1-23(47-42-41-43(45-20-44-42)48(21-46-41)39-18-34(54)38(67-39)19-65-71(60,61)69-72(62,63)68-70(57,58)59)28-10-6-24(14-32(28)49(55)56)4-2-3-5-33(53)25-7-13-35(64-22-50)31(15-25)40-29-11-8-26(51)16-36(29)66-37-17-27(52)9-12-30(37)40;1-12(14-5-4-13(3-2-6-22)7-15(14)28(30)31)26-20-19-21(24-10-23-20)27(11-25-19)18-8-16(29)17(40-18)9-39-44(35,36)42-45(37,38)41-43(32,33)34/h6-17,20-23,34,38-39,51,54H,3,5,18-19H2,1H3,(H,60,61)(H,62,63)(H,44,45,47)(H2,57,58,59);4-5,7,10-12,16-18,29H,6,8-9,22H2,1H3,(H,35,36)(H,37,38)(H,23,24,26)(H2,32,33,34)/t23-,34+,38+,39+;12-,16+,17+,18+/m00/s1. The fourth-order valence-electron chi connectivity index (χ4n) is 12.0. The summed E-state index contributed by atoms with van der Waals surface area (Å²) in [6, 6.07) is 20.5. The van der Waals surface area contributed by atoms with Crippen LogP contribution in [0.4, 0.5) is 23.0 Å². The number of nitro groups is 2. The molecule has 0 amide bonds. The molecule has 4 aliphatic rings. The molecule has 117 heavy (non-hydrogen) atoms. The van der Waals surface area contributed by atoms with Gasteiger partial charge in [0.25, 0.3) is 17.8 Å². The highest BCUT2D eigenvalue weighted by molar-refractivity contribution is 7.67. The zero-order valence-electron chi connectivity index (χ0n) is 59.7. The van der Waals surface area contributed by atoms with E-state index in [1.807, 2.05) is 0 Å². The summed E-state index contributed by atoms with van der Waals surface area (Å²) in [4.78, 5) is 159. The number of phosphoric acid groups is 6. The monoisotopic (exact) mass is 1740 g/mol. The summed E-state index contributed by atoms with van der Waals surface area (Å²) in [5, 5.41) is 62.0. The Morgan fingerprint density at radius 2 is 1.15 bits per heavy atom. The number of carbonyl (C=O) groups excluding carboxylic acids is 2. The molecule has 0 saturated carbocycles. The van der Waals surface area contributed by atoms with Gasteiger partial charge < -0.3 is 89.5 Å². The van der Waals surface area contributed by atoms with Crippen LogP contribution in [-0.2, 0) is 67.9 Å². The predicted molar refractivity (Wildman–Crippen MR) is 399 cm³/mol. The number of carbonyl (C=O) groups is 2. The van der Waals surface area contributed by atoms with Gasteiger partial charge in [-0.25, -0.2) is 57.3 Å². The Balaban J connectivity index is 0.000000256. The van der Waals surface area contributed by atoms with Crippen molar-refractivity contribution in [3.8, 4) is 57.6 Å². The third-order valence-corrected chi connectivity index (χ3v) is 24.5. The van der Waals surface area contributed by atoms with E-state index in [2.05, 4.69) is 90.5 Å². The number of aromatic hydroxyl groups is 1. The fraction of sp³-hybridized carbons (Fsp3) is 0.266. The first-order valence-corrected chi connectivity index (χ1v) is 42.4. The topological polar surface area (TPSA) is 696 Å². The van der Waals surface area contributed by atoms with E-state index in [4.69, 9.17) is 43.9 Å². The number of nitro benzene ring substituents is 2. The lowest BCUT2D eigenvalue weighted by atomic mass is 9.91. The van der Waals surface area contributed by atoms with Crippen molar-refractivity contribution in [1.29, 1.82) is 0 Å². The van der Waals surface area contributed by atoms with E-state index in [9.17, 15) is 96.9 Å². The normalized spacial score (nSPS) is 19.4. The van der Waals surface area contributed by atoms with Crippen molar-refractivity contribution < 1.29 is 146 Å². The molecule has 2 fully saturated rings. The summed E-state index contributed by atoms with van der Waals surface area (Å²) < 4.78 is 118. The Morgan fingerprint density at radius 1 is 0.641 bits per heavy atom. The van der Waals surface area contributed by atoms with E-state index in [-0.39, 0.29) is 135 Å². The number of ketones is 1. The number of phenolic OH excluding ortho intramolecular Hbond substituents is 1. The summed E-state index contributed by atoms with van der Waals surface area (Å²) in [5.41, 5.74) is 8.44. The summed E-state index contributed by atoms with van der Waals surface area (Å²) in [5.74, 6) is 11.4. The molecule has 3 aliphatic heterocycles. The minimum atomic E-state index is -5.78. The first-order chi connectivity index (χ1) is 55.1. The summed E-state index contributed by atoms with van der Waals surface area (Å²) in [6.07, 6.45) is -2.48. The SMILES string of the molecule is C[C@H](Nc1ncnc2c1ncn2[C@H]1C[C@@H](O)[C@@H](COP(=O)(O)OP(=O)(O)OP(=O)(O)O)O1)c1ccc(C#CCCC(=O)c2ccc(OC=O)c(-c3c4ccc(=O)cc-4oc4cc(O)ccc34)c2)cc1[N+](=O)[O-].C[C@H](Nc1ncnc2c1ncn2[C@H]1C[C@@H](O)[C@@H](COP(=O)(O)OP(=O)(O)OP(=O)(O)O)O1)c1ccc(C#CCN)cc1[N+](=O)[O-]. The number of ether oxygens (including phenoxy) is 3. The van der Waals surface area contributed by atoms with Gasteiger partial charge in [0.15, 0.2) is 45.2 Å². The molecule has 1 aliphatic carbocycles. The van der Waals surface area contributed by atoms with Gasteiger partial charge in [0, 0.05) is 88.7 Å². The van der Waals surface area contributed by atoms with E-state index in [1.54, 1.807) is 50.2 Å². The molecule has 12 rings (SSSR count). The number of nitrogens with one attached hydrogen (secondary N) is 2. The van der Waals surface area contributed by atoms with E-state index in [0.29, 0.717) is 33.2 Å². The van der Waals surface area contributed by atoms with Crippen LogP contribution in [0.15, 0.2) is 126 Å². The van der Waals surface area contributed by atoms with Gasteiger partial charge >= 0.3 is 46.9 Å². The molecule has 15 N–H and O–H groups in total. The molecular weight excluding hydrogens is 1680 g/mol. The number of aromatic nitrogens is 8. The number of nitrogens with zero attached hydrogens (tertiary/aromatic N) is 10. The molecule has 53 heteroatoms. The molecule has 47 nitrogen and oxygen atoms in total. The first-order valence-electron chi connectivity index (χ1n) is 33.4. The van der Waals surface area contributed by atoms with Crippen LogP contribution >= 0.6 is 46.9 Å². The largest absolute Gasteiger partial charge is 0.508 e.